The van der Waals surface area contributed by atoms with Crippen LogP contribution in [-0.2, 0) is 10.0 Å². The first-order chi connectivity index (χ1) is 9.40. The van der Waals surface area contributed by atoms with Gasteiger partial charge in [0, 0.05) is 18.7 Å². The summed E-state index contributed by atoms with van der Waals surface area (Å²) in [5, 5.41) is 13.9. The van der Waals surface area contributed by atoms with Crippen LogP contribution in [0.3, 0.4) is 0 Å². The molecule has 1 unspecified atom stereocenters. The highest BCUT2D eigenvalue weighted by Crippen LogP contribution is 2.21. The molecule has 0 bridgehead atoms. The van der Waals surface area contributed by atoms with Crippen molar-refractivity contribution < 1.29 is 13.3 Å². The number of hydrogen-bond donors (Lipinski definition) is 2. The summed E-state index contributed by atoms with van der Waals surface area (Å²) in [6.07, 6.45) is 0.927. The molecule has 0 aliphatic carbocycles. The first kappa shape index (κ1) is 17.8. The van der Waals surface area contributed by atoms with Crippen LogP contribution < -0.4 is 10.0 Å². The number of nitrogens with zero attached hydrogens (tertiary/aromatic N) is 1. The van der Waals surface area contributed by atoms with Gasteiger partial charge in [-0.3, -0.25) is 10.1 Å². The molecule has 7 nitrogen and oxygen atoms in total. The molecule has 1 aliphatic rings. The van der Waals surface area contributed by atoms with E-state index in [9.17, 15) is 18.5 Å². The van der Waals surface area contributed by atoms with Crippen molar-refractivity contribution in [2.75, 3.05) is 19.6 Å². The fraction of sp³-hybridized carbons (Fsp3) is 0.500. The molecule has 0 spiro atoms. The summed E-state index contributed by atoms with van der Waals surface area (Å²) in [6, 6.07) is 3.85. The number of nitrogens with one attached hydrogen (secondary N) is 2. The lowest BCUT2D eigenvalue weighted by Gasteiger charge is -2.12. The van der Waals surface area contributed by atoms with Crippen molar-refractivity contribution in [1.29, 1.82) is 0 Å². The normalized spacial score (nSPS) is 18.2. The van der Waals surface area contributed by atoms with Gasteiger partial charge in [-0.25, -0.2) is 13.1 Å². The van der Waals surface area contributed by atoms with E-state index < -0.39 is 14.9 Å². The van der Waals surface area contributed by atoms with E-state index in [4.69, 9.17) is 0 Å². The van der Waals surface area contributed by atoms with E-state index in [0.717, 1.165) is 25.6 Å². The molecule has 2 rings (SSSR count). The molecule has 1 aliphatic heterocycles. The molecule has 9 heteroatoms. The minimum absolute atomic E-state index is 0. The Morgan fingerprint density at radius 2 is 2.19 bits per heavy atom. The zero-order valence-electron chi connectivity index (χ0n) is 11.5. The second-order valence-electron chi connectivity index (χ2n) is 4.92. The zero-order valence-corrected chi connectivity index (χ0v) is 13.2. The summed E-state index contributed by atoms with van der Waals surface area (Å²) in [5.41, 5.74) is 0.270. The predicted octanol–water partition coefficient (Wildman–Crippen LogP) is 1.21. The molecule has 1 saturated heterocycles. The quantitative estimate of drug-likeness (QED) is 0.622. The Bertz CT molecular complexity index is 615. The van der Waals surface area contributed by atoms with Crippen LogP contribution in [0.15, 0.2) is 23.1 Å². The molecule has 1 aromatic carbocycles. The number of sulfonamides is 1. The Morgan fingerprint density at radius 1 is 1.48 bits per heavy atom. The lowest BCUT2D eigenvalue weighted by Crippen LogP contribution is -2.30. The lowest BCUT2D eigenvalue weighted by atomic mass is 10.1. The highest BCUT2D eigenvalue weighted by molar-refractivity contribution is 7.89. The van der Waals surface area contributed by atoms with Crippen molar-refractivity contribution in [1.82, 2.24) is 10.0 Å². The maximum Gasteiger partial charge on any atom is 0.270 e. The van der Waals surface area contributed by atoms with Crippen molar-refractivity contribution in [3.63, 3.8) is 0 Å². The number of halogens is 1. The van der Waals surface area contributed by atoms with E-state index in [1.807, 2.05) is 0 Å². The highest BCUT2D eigenvalue weighted by Gasteiger charge is 2.22. The van der Waals surface area contributed by atoms with Crippen LogP contribution in [0.1, 0.15) is 12.0 Å². The molecule has 1 fully saturated rings. The van der Waals surface area contributed by atoms with Crippen molar-refractivity contribution in [2.24, 2.45) is 5.92 Å². The van der Waals surface area contributed by atoms with Gasteiger partial charge in [-0.05, 0) is 37.9 Å². The number of rotatable bonds is 5. The van der Waals surface area contributed by atoms with Gasteiger partial charge in [-0.2, -0.15) is 0 Å². The van der Waals surface area contributed by atoms with Crippen LogP contribution in [0.25, 0.3) is 0 Å². The van der Waals surface area contributed by atoms with Gasteiger partial charge in [0.25, 0.3) is 5.69 Å². The summed E-state index contributed by atoms with van der Waals surface area (Å²) >= 11 is 0. The Kier molecular flexibility index (Phi) is 6.09. The van der Waals surface area contributed by atoms with Crippen molar-refractivity contribution in [3.05, 3.63) is 33.9 Å². The van der Waals surface area contributed by atoms with Crippen LogP contribution in [0, 0.1) is 23.0 Å². The Morgan fingerprint density at radius 3 is 2.76 bits per heavy atom. The fourth-order valence-corrected chi connectivity index (χ4v) is 3.56. The van der Waals surface area contributed by atoms with E-state index in [1.54, 1.807) is 6.92 Å². The Balaban J connectivity index is 0.00000220. The summed E-state index contributed by atoms with van der Waals surface area (Å²) in [7, 11) is -3.72. The molecular formula is C12H18ClN3O4S. The smallest absolute Gasteiger partial charge is 0.270 e. The van der Waals surface area contributed by atoms with Gasteiger partial charge in [0.2, 0.25) is 10.0 Å². The van der Waals surface area contributed by atoms with Gasteiger partial charge in [0.1, 0.15) is 0 Å². The summed E-state index contributed by atoms with van der Waals surface area (Å²) < 4.78 is 27.0. The van der Waals surface area contributed by atoms with Crippen molar-refractivity contribution in [3.8, 4) is 0 Å². The van der Waals surface area contributed by atoms with Gasteiger partial charge in [-0.1, -0.05) is 6.07 Å². The molecule has 1 atom stereocenters. The molecule has 0 radical (unpaired) electrons. The topological polar surface area (TPSA) is 101 Å². The number of nitro benzene ring substituents is 1. The van der Waals surface area contributed by atoms with Crippen molar-refractivity contribution >= 4 is 28.1 Å². The van der Waals surface area contributed by atoms with E-state index in [2.05, 4.69) is 10.0 Å². The third-order valence-electron chi connectivity index (χ3n) is 3.40. The molecule has 0 aromatic heterocycles. The van der Waals surface area contributed by atoms with Crippen molar-refractivity contribution in [2.45, 2.75) is 18.2 Å². The third-order valence-corrected chi connectivity index (χ3v) is 4.96. The maximum absolute atomic E-state index is 12.2. The van der Waals surface area contributed by atoms with Crippen LogP contribution in [0.5, 0.6) is 0 Å². The molecule has 2 N–H and O–H groups in total. The summed E-state index contributed by atoms with van der Waals surface area (Å²) in [4.78, 5) is 10.1. The van der Waals surface area contributed by atoms with Gasteiger partial charge in [-0.15, -0.1) is 12.4 Å². The first-order valence-electron chi connectivity index (χ1n) is 6.35. The second kappa shape index (κ2) is 7.17. The van der Waals surface area contributed by atoms with Crippen LogP contribution >= 0.6 is 12.4 Å². The van der Waals surface area contributed by atoms with Crippen LogP contribution in [-0.4, -0.2) is 33.0 Å². The first-order valence-corrected chi connectivity index (χ1v) is 7.84. The van der Waals surface area contributed by atoms with Crippen LogP contribution in [0.2, 0.25) is 0 Å². The minimum Gasteiger partial charge on any atom is -0.316 e. The maximum atomic E-state index is 12.2. The fourth-order valence-electron chi connectivity index (χ4n) is 2.19. The largest absolute Gasteiger partial charge is 0.316 e. The van der Waals surface area contributed by atoms with Gasteiger partial charge in [0.15, 0.2) is 0 Å². The summed E-state index contributed by atoms with van der Waals surface area (Å²) in [5.74, 6) is 0.267. The standard InChI is InChI=1S/C12H17N3O4S.ClH/c1-9-2-3-11(15(16)17)6-12(9)20(18,19)14-8-10-4-5-13-7-10;/h2-3,6,10,13-14H,4-5,7-8H2,1H3;1H. The number of nitro groups is 1. The number of benzene rings is 1. The SMILES string of the molecule is Cc1ccc([N+](=O)[O-])cc1S(=O)(=O)NCC1CCNC1.Cl. The monoisotopic (exact) mass is 335 g/mol. The molecule has 118 valence electrons. The Hall–Kier alpha value is -1.22. The zero-order chi connectivity index (χ0) is 14.8. The average molecular weight is 336 g/mol. The average Bonchev–Trinajstić information content (AvgIpc) is 2.89. The predicted molar refractivity (Wildman–Crippen MR) is 81.2 cm³/mol. The van der Waals surface area contributed by atoms with Gasteiger partial charge >= 0.3 is 0 Å². The minimum atomic E-state index is -3.72. The lowest BCUT2D eigenvalue weighted by molar-refractivity contribution is -0.385. The van der Waals surface area contributed by atoms with E-state index in [0.29, 0.717) is 12.1 Å². The molecular weight excluding hydrogens is 318 g/mol. The second-order valence-corrected chi connectivity index (χ2v) is 6.65. The summed E-state index contributed by atoms with van der Waals surface area (Å²) in [6.45, 7) is 3.64. The Labute approximate surface area is 129 Å². The molecule has 0 saturated carbocycles. The van der Waals surface area contributed by atoms with E-state index >= 15 is 0 Å². The molecule has 1 heterocycles. The molecule has 0 amide bonds. The molecule has 21 heavy (non-hydrogen) atoms. The van der Waals surface area contributed by atoms with Gasteiger partial charge in [0.05, 0.1) is 9.82 Å². The number of aryl methyl sites for hydroxylation is 1. The number of hydrogen-bond acceptors (Lipinski definition) is 5. The third kappa shape index (κ3) is 4.37. The van der Waals surface area contributed by atoms with E-state index in [-0.39, 0.29) is 28.9 Å². The van der Waals surface area contributed by atoms with Gasteiger partial charge < -0.3 is 5.32 Å². The molecule has 1 aromatic rings. The highest BCUT2D eigenvalue weighted by atomic mass is 35.5. The van der Waals surface area contributed by atoms with Crippen LogP contribution in [0.4, 0.5) is 5.69 Å². The van der Waals surface area contributed by atoms with E-state index in [1.165, 1.54) is 12.1 Å². The number of non-ortho nitro benzene ring substituents is 1.